The molecule has 2 nitrogen and oxygen atoms in total. The SMILES string of the molecule is CNC(Cc1cccc(Cl)c1Cl)c1cc(OC)ccc1Br. The molecule has 0 aliphatic heterocycles. The number of nitrogens with one attached hydrogen (secondary N) is 1. The van der Waals surface area contributed by atoms with Crippen molar-refractivity contribution in [2.75, 3.05) is 14.2 Å². The molecule has 0 heterocycles. The third kappa shape index (κ3) is 3.92. The van der Waals surface area contributed by atoms with Gasteiger partial charge in [0.25, 0.3) is 0 Å². The van der Waals surface area contributed by atoms with Gasteiger partial charge in [0.15, 0.2) is 0 Å². The largest absolute Gasteiger partial charge is 0.497 e. The third-order valence-electron chi connectivity index (χ3n) is 3.38. The Morgan fingerprint density at radius 2 is 2.00 bits per heavy atom. The monoisotopic (exact) mass is 387 g/mol. The fourth-order valence-electron chi connectivity index (χ4n) is 2.21. The van der Waals surface area contributed by atoms with Crippen molar-refractivity contribution in [1.82, 2.24) is 5.32 Å². The van der Waals surface area contributed by atoms with E-state index in [1.54, 1.807) is 13.2 Å². The van der Waals surface area contributed by atoms with Gasteiger partial charge in [0.1, 0.15) is 5.75 Å². The lowest BCUT2D eigenvalue weighted by molar-refractivity contribution is 0.413. The van der Waals surface area contributed by atoms with Crippen LogP contribution in [0.2, 0.25) is 10.0 Å². The number of methoxy groups -OCH3 is 1. The molecular weight excluding hydrogens is 373 g/mol. The highest BCUT2D eigenvalue weighted by Gasteiger charge is 2.16. The maximum Gasteiger partial charge on any atom is 0.119 e. The number of benzene rings is 2. The summed E-state index contributed by atoms with van der Waals surface area (Å²) in [4.78, 5) is 0. The first-order chi connectivity index (χ1) is 10.1. The van der Waals surface area contributed by atoms with Gasteiger partial charge < -0.3 is 10.1 Å². The van der Waals surface area contributed by atoms with Crippen LogP contribution in [0.25, 0.3) is 0 Å². The van der Waals surface area contributed by atoms with Gasteiger partial charge in [-0.25, -0.2) is 0 Å². The number of likely N-dealkylation sites (N-methyl/N-ethyl adjacent to an activating group) is 1. The van der Waals surface area contributed by atoms with Crippen LogP contribution in [-0.2, 0) is 6.42 Å². The first-order valence-corrected chi connectivity index (χ1v) is 8.05. The number of halogens is 3. The Morgan fingerprint density at radius 1 is 1.24 bits per heavy atom. The van der Waals surface area contributed by atoms with E-state index in [2.05, 4.69) is 21.2 Å². The predicted octanol–water partition coefficient (Wildman–Crippen LogP) is 5.27. The van der Waals surface area contributed by atoms with E-state index in [9.17, 15) is 0 Å². The van der Waals surface area contributed by atoms with Gasteiger partial charge in [0.2, 0.25) is 0 Å². The Kier molecular flexibility index (Phi) is 5.94. The number of hydrogen-bond acceptors (Lipinski definition) is 2. The Hall–Kier alpha value is -0.740. The van der Waals surface area contributed by atoms with Gasteiger partial charge >= 0.3 is 0 Å². The van der Waals surface area contributed by atoms with Crippen molar-refractivity contribution in [3.05, 3.63) is 62.0 Å². The van der Waals surface area contributed by atoms with Gasteiger partial charge in [-0.15, -0.1) is 0 Å². The third-order valence-corrected chi connectivity index (χ3v) is 4.96. The van der Waals surface area contributed by atoms with E-state index < -0.39 is 0 Å². The van der Waals surface area contributed by atoms with E-state index in [0.29, 0.717) is 10.0 Å². The maximum absolute atomic E-state index is 6.28. The second kappa shape index (κ2) is 7.50. The zero-order valence-electron chi connectivity index (χ0n) is 11.8. The molecule has 0 aromatic heterocycles. The highest BCUT2D eigenvalue weighted by molar-refractivity contribution is 9.10. The van der Waals surface area contributed by atoms with Crippen LogP contribution in [0.4, 0.5) is 0 Å². The first-order valence-electron chi connectivity index (χ1n) is 6.50. The second-order valence-corrected chi connectivity index (χ2v) is 6.29. The van der Waals surface area contributed by atoms with Crippen molar-refractivity contribution >= 4 is 39.1 Å². The molecule has 1 atom stereocenters. The van der Waals surface area contributed by atoms with E-state index >= 15 is 0 Å². The van der Waals surface area contributed by atoms with Crippen molar-refractivity contribution < 1.29 is 4.74 Å². The molecule has 0 saturated heterocycles. The molecule has 0 amide bonds. The van der Waals surface area contributed by atoms with Gasteiger partial charge in [0, 0.05) is 10.5 Å². The Bertz CT molecular complexity index is 634. The van der Waals surface area contributed by atoms with E-state index in [1.165, 1.54) is 0 Å². The van der Waals surface area contributed by atoms with E-state index in [1.807, 2.05) is 37.4 Å². The van der Waals surface area contributed by atoms with Gasteiger partial charge in [-0.3, -0.25) is 0 Å². The molecule has 112 valence electrons. The smallest absolute Gasteiger partial charge is 0.119 e. The molecule has 0 saturated carbocycles. The summed E-state index contributed by atoms with van der Waals surface area (Å²) < 4.78 is 6.33. The first kappa shape index (κ1) is 16.6. The van der Waals surface area contributed by atoms with E-state index in [-0.39, 0.29) is 6.04 Å². The minimum absolute atomic E-state index is 0.102. The van der Waals surface area contributed by atoms with Crippen molar-refractivity contribution in [3.8, 4) is 5.75 Å². The molecular formula is C16H16BrCl2NO. The average molecular weight is 389 g/mol. The lowest BCUT2D eigenvalue weighted by Gasteiger charge is -2.20. The maximum atomic E-state index is 6.28. The van der Waals surface area contributed by atoms with Crippen molar-refractivity contribution in [1.29, 1.82) is 0 Å². The molecule has 21 heavy (non-hydrogen) atoms. The molecule has 1 unspecified atom stereocenters. The standard InChI is InChI=1S/C16H16BrCl2NO/c1-20-15(8-10-4-3-5-14(18)16(10)19)12-9-11(21-2)6-7-13(12)17/h3-7,9,15,20H,8H2,1-2H3. The molecule has 2 aromatic rings. The van der Waals surface area contributed by atoms with Gasteiger partial charge in [-0.05, 0) is 48.9 Å². The molecule has 0 radical (unpaired) electrons. The normalized spacial score (nSPS) is 12.2. The molecule has 2 aromatic carbocycles. The van der Waals surface area contributed by atoms with Gasteiger partial charge in [-0.2, -0.15) is 0 Å². The van der Waals surface area contributed by atoms with Crippen LogP contribution in [0, 0.1) is 0 Å². The quantitative estimate of drug-likeness (QED) is 0.753. The topological polar surface area (TPSA) is 21.3 Å². The summed E-state index contributed by atoms with van der Waals surface area (Å²) in [7, 11) is 3.59. The van der Waals surface area contributed by atoms with Crippen molar-refractivity contribution in [2.24, 2.45) is 0 Å². The summed E-state index contributed by atoms with van der Waals surface area (Å²) in [6, 6.07) is 11.7. The Balaban J connectivity index is 2.34. The number of hydrogen-bond donors (Lipinski definition) is 1. The number of rotatable bonds is 5. The van der Waals surface area contributed by atoms with Crippen LogP contribution < -0.4 is 10.1 Å². The fourth-order valence-corrected chi connectivity index (χ4v) is 3.13. The van der Waals surface area contributed by atoms with Crippen LogP contribution in [-0.4, -0.2) is 14.2 Å². The molecule has 1 N–H and O–H groups in total. The molecule has 0 spiro atoms. The zero-order chi connectivity index (χ0) is 15.4. The highest BCUT2D eigenvalue weighted by atomic mass is 79.9. The van der Waals surface area contributed by atoms with E-state index in [4.69, 9.17) is 27.9 Å². The summed E-state index contributed by atoms with van der Waals surface area (Å²) in [5.41, 5.74) is 2.13. The summed E-state index contributed by atoms with van der Waals surface area (Å²) in [5, 5.41) is 4.51. The molecule has 2 rings (SSSR count). The Morgan fingerprint density at radius 3 is 2.67 bits per heavy atom. The second-order valence-electron chi connectivity index (χ2n) is 4.65. The van der Waals surface area contributed by atoms with Crippen molar-refractivity contribution in [3.63, 3.8) is 0 Å². The molecule has 0 bridgehead atoms. The van der Waals surface area contributed by atoms with Crippen LogP contribution in [0.5, 0.6) is 5.75 Å². The minimum atomic E-state index is 0.102. The van der Waals surface area contributed by atoms with Crippen molar-refractivity contribution in [2.45, 2.75) is 12.5 Å². The van der Waals surface area contributed by atoms with Gasteiger partial charge in [0.05, 0.1) is 17.2 Å². The van der Waals surface area contributed by atoms with Gasteiger partial charge in [-0.1, -0.05) is 51.3 Å². The van der Waals surface area contributed by atoms with Crippen LogP contribution in [0.15, 0.2) is 40.9 Å². The van der Waals surface area contributed by atoms with Crippen LogP contribution >= 0.6 is 39.1 Å². The van der Waals surface area contributed by atoms with Crippen LogP contribution in [0.3, 0.4) is 0 Å². The molecule has 0 fully saturated rings. The zero-order valence-corrected chi connectivity index (χ0v) is 14.9. The fraction of sp³-hybridized carbons (Fsp3) is 0.250. The minimum Gasteiger partial charge on any atom is -0.497 e. The Labute approximate surface area is 143 Å². The lowest BCUT2D eigenvalue weighted by Crippen LogP contribution is -2.19. The summed E-state index contributed by atoms with van der Waals surface area (Å²) >= 11 is 16.0. The van der Waals surface area contributed by atoms with Crippen LogP contribution in [0.1, 0.15) is 17.2 Å². The molecule has 0 aliphatic rings. The summed E-state index contributed by atoms with van der Waals surface area (Å²) in [6.07, 6.45) is 0.738. The highest BCUT2D eigenvalue weighted by Crippen LogP contribution is 2.33. The number of ether oxygens (including phenoxy) is 1. The summed E-state index contributed by atoms with van der Waals surface area (Å²) in [5.74, 6) is 0.825. The molecule has 5 heteroatoms. The average Bonchev–Trinajstić information content (AvgIpc) is 2.50. The van der Waals surface area contributed by atoms with E-state index in [0.717, 1.165) is 27.8 Å². The summed E-state index contributed by atoms with van der Waals surface area (Å²) in [6.45, 7) is 0. The molecule has 0 aliphatic carbocycles. The predicted molar refractivity (Wildman–Crippen MR) is 92.7 cm³/mol. The lowest BCUT2D eigenvalue weighted by atomic mass is 9.98.